The minimum atomic E-state index is -0.424. The van der Waals surface area contributed by atoms with E-state index in [4.69, 9.17) is 9.26 Å². The van der Waals surface area contributed by atoms with Gasteiger partial charge in [0.1, 0.15) is 5.76 Å². The van der Waals surface area contributed by atoms with Crippen LogP contribution in [0.15, 0.2) is 35.0 Å². The van der Waals surface area contributed by atoms with E-state index in [1.807, 2.05) is 0 Å². The summed E-state index contributed by atoms with van der Waals surface area (Å²) in [6.07, 6.45) is 1.29. The van der Waals surface area contributed by atoms with E-state index in [-0.39, 0.29) is 12.5 Å². The third-order valence-electron chi connectivity index (χ3n) is 2.04. The summed E-state index contributed by atoms with van der Waals surface area (Å²) in [5.74, 6) is 0.534. The van der Waals surface area contributed by atoms with Crippen molar-refractivity contribution in [2.24, 2.45) is 0 Å². The molecule has 0 saturated carbocycles. The number of carbonyl (C=O) groups excluding carboxylic acids is 1. The van der Waals surface area contributed by atoms with Gasteiger partial charge in [0.15, 0.2) is 18.6 Å². The van der Waals surface area contributed by atoms with Gasteiger partial charge in [0, 0.05) is 12.1 Å². The number of nitrogens with zero attached hydrogens (tertiary/aromatic N) is 2. The van der Waals surface area contributed by atoms with Crippen molar-refractivity contribution < 1.29 is 18.8 Å². The van der Waals surface area contributed by atoms with Crippen molar-refractivity contribution >= 4 is 11.7 Å². The van der Waals surface area contributed by atoms with Gasteiger partial charge in [-0.2, -0.15) is 0 Å². The smallest absolute Gasteiger partial charge is 0.379 e. The molecule has 1 N–H and O–H groups in total. The Hall–Kier alpha value is -2.57. The molecule has 0 aliphatic heterocycles. The van der Waals surface area contributed by atoms with Crippen molar-refractivity contribution in [3.05, 3.63) is 41.4 Å². The van der Waals surface area contributed by atoms with Crippen LogP contribution in [0.25, 0.3) is 0 Å². The topological polar surface area (TPSA) is 91.3 Å². The molecular formula is C11H11N3O4. The van der Waals surface area contributed by atoms with E-state index >= 15 is 0 Å². The van der Waals surface area contributed by atoms with Crippen LogP contribution in [-0.4, -0.2) is 17.7 Å². The number of ether oxygens (including phenoxy) is 1. The van der Waals surface area contributed by atoms with E-state index in [0.29, 0.717) is 16.3 Å². The fourth-order valence-electron chi connectivity index (χ4n) is 1.27. The summed E-state index contributed by atoms with van der Waals surface area (Å²) in [6.45, 7) is 1.43. The number of amides is 1. The van der Waals surface area contributed by atoms with Crippen molar-refractivity contribution in [2.75, 3.05) is 11.9 Å². The second kappa shape index (κ2) is 5.17. The second-order valence-corrected chi connectivity index (χ2v) is 3.52. The molecule has 0 spiro atoms. The van der Waals surface area contributed by atoms with Crippen LogP contribution in [-0.2, 0) is 4.79 Å². The lowest BCUT2D eigenvalue weighted by atomic mass is 10.5. The van der Waals surface area contributed by atoms with E-state index in [1.165, 1.54) is 12.3 Å². The van der Waals surface area contributed by atoms with Crippen LogP contribution in [0.4, 0.5) is 5.82 Å². The first-order valence-corrected chi connectivity index (χ1v) is 5.19. The Kier molecular flexibility index (Phi) is 3.42. The zero-order valence-electron chi connectivity index (χ0n) is 9.62. The van der Waals surface area contributed by atoms with E-state index in [0.717, 1.165) is 0 Å². The van der Waals surface area contributed by atoms with Crippen molar-refractivity contribution in [1.82, 2.24) is 5.16 Å². The van der Waals surface area contributed by atoms with Crippen LogP contribution in [0.5, 0.6) is 5.88 Å². The summed E-state index contributed by atoms with van der Waals surface area (Å²) in [5, 5.41) is 17.3. The number of aryl methyl sites for hydroxylation is 1. The largest absolute Gasteiger partial charge is 0.616 e. The van der Waals surface area contributed by atoms with Crippen molar-refractivity contribution in [3.63, 3.8) is 0 Å². The molecule has 0 radical (unpaired) electrons. The molecule has 18 heavy (non-hydrogen) atoms. The average Bonchev–Trinajstić information content (AvgIpc) is 2.74. The SMILES string of the molecule is Cc1cc(NC(=O)COc2cccc[n+]2[O-])no1. The molecule has 94 valence electrons. The number of hydrogen-bond acceptors (Lipinski definition) is 5. The van der Waals surface area contributed by atoms with Gasteiger partial charge in [0.05, 0.1) is 6.07 Å². The molecule has 0 unspecified atom stereocenters. The molecule has 2 heterocycles. The summed E-state index contributed by atoms with van der Waals surface area (Å²) in [5.41, 5.74) is 0. The van der Waals surface area contributed by atoms with Crippen LogP contribution in [0.2, 0.25) is 0 Å². The van der Waals surface area contributed by atoms with E-state index in [9.17, 15) is 10.0 Å². The predicted molar refractivity (Wildman–Crippen MR) is 60.8 cm³/mol. The number of carbonyl (C=O) groups is 1. The summed E-state index contributed by atoms with van der Waals surface area (Å²) >= 11 is 0. The number of nitrogens with one attached hydrogen (secondary N) is 1. The lowest BCUT2D eigenvalue weighted by Crippen LogP contribution is -2.30. The quantitative estimate of drug-likeness (QED) is 0.634. The number of aromatic nitrogens is 2. The van der Waals surface area contributed by atoms with Crippen molar-refractivity contribution in [1.29, 1.82) is 0 Å². The van der Waals surface area contributed by atoms with E-state index in [2.05, 4.69) is 10.5 Å². The summed E-state index contributed by atoms with van der Waals surface area (Å²) in [4.78, 5) is 11.5. The zero-order chi connectivity index (χ0) is 13.0. The van der Waals surface area contributed by atoms with Crippen LogP contribution < -0.4 is 14.8 Å². The van der Waals surface area contributed by atoms with Gasteiger partial charge in [-0.1, -0.05) is 5.16 Å². The van der Waals surface area contributed by atoms with Crippen LogP contribution in [0.1, 0.15) is 5.76 Å². The van der Waals surface area contributed by atoms with Crippen LogP contribution in [0.3, 0.4) is 0 Å². The third kappa shape index (κ3) is 2.97. The highest BCUT2D eigenvalue weighted by Gasteiger charge is 2.10. The van der Waals surface area contributed by atoms with Gasteiger partial charge in [-0.05, 0) is 13.0 Å². The maximum atomic E-state index is 11.5. The normalized spacial score (nSPS) is 10.1. The molecule has 0 bridgehead atoms. The molecule has 2 aromatic heterocycles. The second-order valence-electron chi connectivity index (χ2n) is 3.52. The Labute approximate surface area is 103 Å². The Morgan fingerprint density at radius 3 is 3.11 bits per heavy atom. The fraction of sp³-hybridized carbons (Fsp3) is 0.182. The number of anilines is 1. The van der Waals surface area contributed by atoms with Crippen LogP contribution in [0, 0.1) is 12.1 Å². The number of pyridine rings is 1. The van der Waals surface area contributed by atoms with Crippen molar-refractivity contribution in [3.8, 4) is 5.88 Å². The van der Waals surface area contributed by atoms with Gasteiger partial charge < -0.3 is 19.8 Å². The Balaban J connectivity index is 1.87. The first-order valence-electron chi connectivity index (χ1n) is 5.19. The first-order chi connectivity index (χ1) is 8.65. The van der Waals surface area contributed by atoms with Crippen molar-refractivity contribution in [2.45, 2.75) is 6.92 Å². The molecule has 7 heteroatoms. The summed E-state index contributed by atoms with van der Waals surface area (Å²) in [6, 6.07) is 6.26. The van der Waals surface area contributed by atoms with Gasteiger partial charge in [0.25, 0.3) is 5.91 Å². The molecule has 0 atom stereocenters. The van der Waals surface area contributed by atoms with Gasteiger partial charge in [-0.15, -0.1) is 4.73 Å². The number of rotatable bonds is 4. The molecule has 2 aromatic rings. The first kappa shape index (κ1) is 11.9. The summed E-state index contributed by atoms with van der Waals surface area (Å²) < 4.78 is 10.4. The van der Waals surface area contributed by atoms with Crippen LogP contribution >= 0.6 is 0 Å². The molecule has 0 fully saturated rings. The molecular weight excluding hydrogens is 238 g/mol. The maximum Gasteiger partial charge on any atom is 0.379 e. The highest BCUT2D eigenvalue weighted by atomic mass is 16.6. The standard InChI is InChI=1S/C11H11N3O4/c1-8-6-9(13-18-8)12-10(15)7-17-11-4-2-3-5-14(11)16/h2-6H,7H2,1H3,(H,12,13,15). The minimum Gasteiger partial charge on any atom is -0.616 e. The maximum absolute atomic E-state index is 11.5. The fourth-order valence-corrected chi connectivity index (χ4v) is 1.27. The molecule has 1 amide bonds. The lowest BCUT2D eigenvalue weighted by molar-refractivity contribution is -0.612. The average molecular weight is 249 g/mol. The van der Waals surface area contributed by atoms with Gasteiger partial charge in [-0.3, -0.25) is 4.79 Å². The van der Waals surface area contributed by atoms with Gasteiger partial charge in [-0.25, -0.2) is 0 Å². The van der Waals surface area contributed by atoms with E-state index in [1.54, 1.807) is 25.1 Å². The monoisotopic (exact) mass is 249 g/mol. The predicted octanol–water partition coefficient (Wildman–Crippen LogP) is 0.634. The molecule has 7 nitrogen and oxygen atoms in total. The molecule has 0 aliphatic rings. The van der Waals surface area contributed by atoms with Gasteiger partial charge >= 0.3 is 5.88 Å². The zero-order valence-corrected chi connectivity index (χ0v) is 9.62. The molecule has 0 aromatic carbocycles. The Morgan fingerprint density at radius 2 is 2.44 bits per heavy atom. The Bertz CT molecular complexity index is 553. The molecule has 0 aliphatic carbocycles. The van der Waals surface area contributed by atoms with E-state index < -0.39 is 5.91 Å². The summed E-state index contributed by atoms with van der Waals surface area (Å²) in [7, 11) is 0. The third-order valence-corrected chi connectivity index (χ3v) is 2.04. The number of hydrogen-bond donors (Lipinski definition) is 1. The molecule has 0 saturated heterocycles. The Morgan fingerprint density at radius 1 is 1.61 bits per heavy atom. The minimum absolute atomic E-state index is 0.0592. The lowest BCUT2D eigenvalue weighted by Gasteiger charge is -2.05. The van der Waals surface area contributed by atoms with Gasteiger partial charge in [0.2, 0.25) is 0 Å². The molecule has 2 rings (SSSR count). The highest BCUT2D eigenvalue weighted by molar-refractivity contribution is 5.90. The highest BCUT2D eigenvalue weighted by Crippen LogP contribution is 2.07.